The van der Waals surface area contributed by atoms with Crippen molar-refractivity contribution in [3.63, 3.8) is 0 Å². The second kappa shape index (κ2) is 3.39. The van der Waals surface area contributed by atoms with Crippen molar-refractivity contribution in [1.29, 1.82) is 0 Å². The van der Waals surface area contributed by atoms with E-state index < -0.39 is 0 Å². The molecule has 1 unspecified atom stereocenters. The standard InChI is InChI=1S/C11H19N3/c1-7(2)14-11(9-4-5-9)10(6-13-14)8(3)12/h6-9H,4-5,12H2,1-3H3. The van der Waals surface area contributed by atoms with Crippen LogP contribution in [0.1, 0.15) is 62.9 Å². The average Bonchev–Trinajstić information content (AvgIpc) is 2.83. The van der Waals surface area contributed by atoms with E-state index in [4.69, 9.17) is 5.73 Å². The Kier molecular flexibility index (Phi) is 2.35. The minimum Gasteiger partial charge on any atom is -0.324 e. The van der Waals surface area contributed by atoms with Gasteiger partial charge < -0.3 is 5.73 Å². The Balaban J connectivity index is 2.41. The third-order valence-corrected chi connectivity index (χ3v) is 2.81. The molecule has 0 aliphatic heterocycles. The monoisotopic (exact) mass is 193 g/mol. The summed E-state index contributed by atoms with van der Waals surface area (Å²) in [4.78, 5) is 0. The lowest BCUT2D eigenvalue weighted by molar-refractivity contribution is 0.507. The van der Waals surface area contributed by atoms with Gasteiger partial charge in [-0.15, -0.1) is 0 Å². The summed E-state index contributed by atoms with van der Waals surface area (Å²) < 4.78 is 2.14. The number of aromatic nitrogens is 2. The summed E-state index contributed by atoms with van der Waals surface area (Å²) in [7, 11) is 0. The zero-order valence-corrected chi connectivity index (χ0v) is 9.20. The molecule has 1 aromatic rings. The van der Waals surface area contributed by atoms with Gasteiger partial charge in [0.1, 0.15) is 0 Å². The van der Waals surface area contributed by atoms with Crippen LogP contribution in [0.25, 0.3) is 0 Å². The van der Waals surface area contributed by atoms with Crippen molar-refractivity contribution < 1.29 is 0 Å². The third kappa shape index (κ3) is 1.57. The lowest BCUT2D eigenvalue weighted by Crippen LogP contribution is -2.11. The molecule has 0 aromatic carbocycles. The van der Waals surface area contributed by atoms with Gasteiger partial charge in [-0.1, -0.05) is 0 Å². The molecule has 1 aromatic heterocycles. The number of hydrogen-bond acceptors (Lipinski definition) is 2. The van der Waals surface area contributed by atoms with Crippen LogP contribution >= 0.6 is 0 Å². The third-order valence-electron chi connectivity index (χ3n) is 2.81. The summed E-state index contributed by atoms with van der Waals surface area (Å²) in [6, 6.07) is 0.552. The van der Waals surface area contributed by atoms with Crippen LogP contribution < -0.4 is 5.73 Å². The van der Waals surface area contributed by atoms with Crippen molar-refractivity contribution in [3.8, 4) is 0 Å². The maximum absolute atomic E-state index is 5.94. The predicted octanol–water partition coefficient (Wildman–Crippen LogP) is 2.36. The van der Waals surface area contributed by atoms with Crippen LogP contribution in [-0.2, 0) is 0 Å². The molecule has 1 atom stereocenters. The highest BCUT2D eigenvalue weighted by molar-refractivity contribution is 5.28. The van der Waals surface area contributed by atoms with Crippen LogP contribution in [0.5, 0.6) is 0 Å². The Morgan fingerprint density at radius 1 is 1.43 bits per heavy atom. The average molecular weight is 193 g/mol. The largest absolute Gasteiger partial charge is 0.324 e. The lowest BCUT2D eigenvalue weighted by Gasteiger charge is -2.13. The highest BCUT2D eigenvalue weighted by atomic mass is 15.3. The molecular weight excluding hydrogens is 174 g/mol. The molecular formula is C11H19N3. The number of rotatable bonds is 3. The summed E-state index contributed by atoms with van der Waals surface area (Å²) in [5, 5.41) is 4.43. The van der Waals surface area contributed by atoms with Crippen LogP contribution in [0.4, 0.5) is 0 Å². The first kappa shape index (κ1) is 9.71. The first-order valence-corrected chi connectivity index (χ1v) is 5.44. The van der Waals surface area contributed by atoms with Gasteiger partial charge in [0.05, 0.1) is 6.20 Å². The number of nitrogens with zero attached hydrogens (tertiary/aromatic N) is 2. The summed E-state index contributed by atoms with van der Waals surface area (Å²) in [6.45, 7) is 6.38. The summed E-state index contributed by atoms with van der Waals surface area (Å²) >= 11 is 0. The van der Waals surface area contributed by atoms with Crippen LogP contribution in [0, 0.1) is 0 Å². The first-order valence-electron chi connectivity index (χ1n) is 5.44. The second-order valence-corrected chi connectivity index (χ2v) is 4.59. The van der Waals surface area contributed by atoms with Gasteiger partial charge in [0.25, 0.3) is 0 Å². The fourth-order valence-corrected chi connectivity index (χ4v) is 1.93. The molecule has 1 aliphatic carbocycles. The van der Waals surface area contributed by atoms with Crippen LogP contribution in [0.15, 0.2) is 6.20 Å². The molecule has 2 rings (SSSR count). The minimum absolute atomic E-state index is 0.109. The molecule has 3 nitrogen and oxygen atoms in total. The second-order valence-electron chi connectivity index (χ2n) is 4.59. The Morgan fingerprint density at radius 2 is 2.07 bits per heavy atom. The molecule has 0 saturated heterocycles. The van der Waals surface area contributed by atoms with E-state index in [0.29, 0.717) is 6.04 Å². The lowest BCUT2D eigenvalue weighted by atomic mass is 10.1. The van der Waals surface area contributed by atoms with Crippen molar-refractivity contribution in [1.82, 2.24) is 9.78 Å². The smallest absolute Gasteiger partial charge is 0.0540 e. The fraction of sp³-hybridized carbons (Fsp3) is 0.727. The van der Waals surface area contributed by atoms with Crippen LogP contribution in [0.2, 0.25) is 0 Å². The molecule has 14 heavy (non-hydrogen) atoms. The fourth-order valence-electron chi connectivity index (χ4n) is 1.93. The Morgan fingerprint density at radius 3 is 2.50 bits per heavy atom. The van der Waals surface area contributed by atoms with E-state index in [9.17, 15) is 0 Å². The summed E-state index contributed by atoms with van der Waals surface area (Å²) in [6.07, 6.45) is 4.55. The van der Waals surface area contributed by atoms with Gasteiger partial charge in [-0.05, 0) is 33.6 Å². The topological polar surface area (TPSA) is 43.8 Å². The molecule has 1 fully saturated rings. The maximum atomic E-state index is 5.94. The van der Waals surface area contributed by atoms with Gasteiger partial charge in [-0.2, -0.15) is 5.10 Å². The zero-order chi connectivity index (χ0) is 10.3. The predicted molar refractivity (Wildman–Crippen MR) is 57.2 cm³/mol. The molecule has 1 aliphatic rings. The first-order chi connectivity index (χ1) is 6.61. The maximum Gasteiger partial charge on any atom is 0.0540 e. The highest BCUT2D eigenvalue weighted by Gasteiger charge is 2.31. The van der Waals surface area contributed by atoms with Crippen molar-refractivity contribution in [3.05, 3.63) is 17.5 Å². The SMILES string of the molecule is CC(N)c1cnn(C(C)C)c1C1CC1. The molecule has 0 bridgehead atoms. The normalized spacial score (nSPS) is 18.9. The van der Waals surface area contributed by atoms with Gasteiger partial charge in [0, 0.05) is 29.3 Å². The molecule has 0 amide bonds. The van der Waals surface area contributed by atoms with Gasteiger partial charge >= 0.3 is 0 Å². The van der Waals surface area contributed by atoms with Gasteiger partial charge in [-0.3, -0.25) is 4.68 Å². The zero-order valence-electron chi connectivity index (χ0n) is 9.20. The van der Waals surface area contributed by atoms with Gasteiger partial charge in [0.2, 0.25) is 0 Å². The number of nitrogens with two attached hydrogens (primary N) is 1. The molecule has 2 N–H and O–H groups in total. The van der Waals surface area contributed by atoms with E-state index in [0.717, 1.165) is 5.92 Å². The van der Waals surface area contributed by atoms with Crippen molar-refractivity contribution in [2.45, 2.75) is 51.6 Å². The number of hydrogen-bond donors (Lipinski definition) is 1. The Hall–Kier alpha value is -0.830. The van der Waals surface area contributed by atoms with E-state index >= 15 is 0 Å². The molecule has 0 radical (unpaired) electrons. The molecule has 0 spiro atoms. The molecule has 1 saturated carbocycles. The van der Waals surface area contributed by atoms with E-state index in [1.54, 1.807) is 0 Å². The van der Waals surface area contributed by atoms with E-state index in [1.165, 1.54) is 24.1 Å². The summed E-state index contributed by atoms with van der Waals surface area (Å²) in [5.41, 5.74) is 8.56. The van der Waals surface area contributed by atoms with E-state index in [1.807, 2.05) is 13.1 Å². The van der Waals surface area contributed by atoms with Crippen LogP contribution in [-0.4, -0.2) is 9.78 Å². The van der Waals surface area contributed by atoms with Crippen molar-refractivity contribution in [2.24, 2.45) is 5.73 Å². The minimum atomic E-state index is 0.109. The van der Waals surface area contributed by atoms with Gasteiger partial charge in [-0.25, -0.2) is 0 Å². The molecule has 1 heterocycles. The Bertz CT molecular complexity index is 296. The quantitative estimate of drug-likeness (QED) is 0.800. The van der Waals surface area contributed by atoms with E-state index in [2.05, 4.69) is 23.6 Å². The van der Waals surface area contributed by atoms with E-state index in [-0.39, 0.29) is 6.04 Å². The molecule has 78 valence electrons. The molecule has 3 heteroatoms. The van der Waals surface area contributed by atoms with Crippen LogP contribution in [0.3, 0.4) is 0 Å². The van der Waals surface area contributed by atoms with Crippen molar-refractivity contribution >= 4 is 0 Å². The highest BCUT2D eigenvalue weighted by Crippen LogP contribution is 2.43. The van der Waals surface area contributed by atoms with Gasteiger partial charge in [0.15, 0.2) is 0 Å². The van der Waals surface area contributed by atoms with Crippen molar-refractivity contribution in [2.75, 3.05) is 0 Å². The Labute approximate surface area is 85.3 Å². The summed E-state index contributed by atoms with van der Waals surface area (Å²) in [5.74, 6) is 0.723.